The molecule has 0 heterocycles. The Morgan fingerprint density at radius 2 is 1.17 bits per heavy atom. The smallest absolute Gasteiger partial charge is 0.160 e. The first-order chi connectivity index (χ1) is 11.3. The van der Waals surface area contributed by atoms with Crippen LogP contribution in [0.4, 0.5) is 0 Å². The van der Waals surface area contributed by atoms with Crippen LogP contribution >= 0.6 is 78.3 Å². The molecule has 128 valence electrons. The van der Waals surface area contributed by atoms with E-state index in [0.29, 0.717) is 32.9 Å². The minimum atomic E-state index is -0.393. The van der Waals surface area contributed by atoms with Gasteiger partial charge in [0.25, 0.3) is 0 Å². The summed E-state index contributed by atoms with van der Waals surface area (Å²) in [5.41, 5.74) is 1.64. The zero-order valence-electron chi connectivity index (χ0n) is 12.2. The van der Waals surface area contributed by atoms with Crippen LogP contribution in [0.3, 0.4) is 0 Å². The van der Waals surface area contributed by atoms with Gasteiger partial charge in [0.15, 0.2) is 5.78 Å². The molecule has 0 saturated carbocycles. The standard InChI is InChI=1S/C17H12Br2Cl4O/c18-13(7-9-5-11(20)1-3-15(9)22)17(24)14(19)8-10-6-12(21)2-4-16(10)23/h1-6,13-14H,7-8H2. The zero-order valence-corrected chi connectivity index (χ0v) is 18.4. The van der Waals surface area contributed by atoms with Gasteiger partial charge in [-0.2, -0.15) is 0 Å². The summed E-state index contributed by atoms with van der Waals surface area (Å²) in [5, 5.41) is 2.34. The van der Waals surface area contributed by atoms with Gasteiger partial charge in [-0.3, -0.25) is 4.79 Å². The van der Waals surface area contributed by atoms with E-state index in [0.717, 1.165) is 11.1 Å². The SMILES string of the molecule is O=C(C(Br)Cc1cc(Cl)ccc1Cl)C(Br)Cc1cc(Cl)ccc1Cl. The third kappa shape index (κ3) is 5.62. The Balaban J connectivity index is 2.06. The van der Waals surface area contributed by atoms with Gasteiger partial charge in [0.05, 0.1) is 9.65 Å². The highest BCUT2D eigenvalue weighted by atomic mass is 79.9. The van der Waals surface area contributed by atoms with Crippen molar-refractivity contribution in [3.05, 3.63) is 67.6 Å². The van der Waals surface area contributed by atoms with Crippen molar-refractivity contribution < 1.29 is 4.79 Å². The van der Waals surface area contributed by atoms with Gasteiger partial charge in [-0.15, -0.1) is 0 Å². The van der Waals surface area contributed by atoms with E-state index in [2.05, 4.69) is 31.9 Å². The van der Waals surface area contributed by atoms with Gasteiger partial charge >= 0.3 is 0 Å². The molecule has 0 aliphatic heterocycles. The molecular weight excluding hydrogens is 522 g/mol. The van der Waals surface area contributed by atoms with Crippen molar-refractivity contribution >= 4 is 84.0 Å². The number of alkyl halides is 2. The molecule has 0 N–H and O–H groups in total. The summed E-state index contributed by atoms with van der Waals surface area (Å²) >= 11 is 31.2. The fraction of sp³-hybridized carbons (Fsp3) is 0.235. The molecule has 7 heteroatoms. The highest BCUT2D eigenvalue weighted by molar-refractivity contribution is 9.10. The first-order valence-corrected chi connectivity index (χ1v) is 10.3. The maximum Gasteiger partial charge on any atom is 0.160 e. The molecule has 0 radical (unpaired) electrons. The highest BCUT2D eigenvalue weighted by Crippen LogP contribution is 2.27. The summed E-state index contributed by atoms with van der Waals surface area (Å²) in [5.74, 6) is 0.00193. The molecule has 0 saturated heterocycles. The van der Waals surface area contributed by atoms with Crippen LogP contribution in [0.5, 0.6) is 0 Å². The predicted molar refractivity (Wildman–Crippen MR) is 111 cm³/mol. The van der Waals surface area contributed by atoms with Crippen molar-refractivity contribution in [3.63, 3.8) is 0 Å². The number of hydrogen-bond acceptors (Lipinski definition) is 1. The second-order valence-electron chi connectivity index (χ2n) is 5.22. The molecule has 0 aromatic heterocycles. The molecule has 1 nitrogen and oxygen atoms in total. The number of hydrogen-bond donors (Lipinski definition) is 0. The van der Waals surface area contributed by atoms with Gasteiger partial charge in [-0.05, 0) is 60.4 Å². The van der Waals surface area contributed by atoms with Crippen molar-refractivity contribution in [2.24, 2.45) is 0 Å². The number of halogens is 6. The fourth-order valence-electron chi connectivity index (χ4n) is 2.18. The Morgan fingerprint density at radius 1 is 0.792 bits per heavy atom. The number of Topliss-reactive ketones (excluding diaryl/α,β-unsaturated/α-hetero) is 1. The van der Waals surface area contributed by atoms with Crippen molar-refractivity contribution in [2.75, 3.05) is 0 Å². The Hall–Kier alpha value is 0.230. The van der Waals surface area contributed by atoms with E-state index in [1.165, 1.54) is 0 Å². The molecule has 0 amide bonds. The molecule has 0 aliphatic rings. The average molecular weight is 534 g/mol. The Bertz CT molecular complexity index is 690. The van der Waals surface area contributed by atoms with Crippen LogP contribution in [0.25, 0.3) is 0 Å². The minimum absolute atomic E-state index is 0.00193. The monoisotopic (exact) mass is 530 g/mol. The molecule has 2 aromatic rings. The summed E-state index contributed by atoms with van der Waals surface area (Å²) in [4.78, 5) is 11.8. The van der Waals surface area contributed by atoms with Crippen LogP contribution in [0.2, 0.25) is 20.1 Å². The fourth-order valence-corrected chi connectivity index (χ4v) is 4.65. The van der Waals surface area contributed by atoms with Gasteiger partial charge in [0.1, 0.15) is 0 Å². The van der Waals surface area contributed by atoms with Crippen LogP contribution in [-0.4, -0.2) is 15.4 Å². The molecule has 0 spiro atoms. The maximum atomic E-state index is 12.6. The normalized spacial score (nSPS) is 13.6. The van der Waals surface area contributed by atoms with Crippen LogP contribution < -0.4 is 0 Å². The van der Waals surface area contributed by atoms with Crippen molar-refractivity contribution in [1.82, 2.24) is 0 Å². The summed E-state index contributed by atoms with van der Waals surface area (Å²) in [6.45, 7) is 0. The molecule has 0 aliphatic carbocycles. The molecule has 2 unspecified atom stereocenters. The predicted octanol–water partition coefficient (Wildman–Crippen LogP) is 7.18. The van der Waals surface area contributed by atoms with Gasteiger partial charge < -0.3 is 0 Å². The number of carbonyl (C=O) groups is 1. The Labute approximate surface area is 177 Å². The Morgan fingerprint density at radius 3 is 1.54 bits per heavy atom. The van der Waals surface area contributed by atoms with Crippen LogP contribution in [0, 0.1) is 0 Å². The van der Waals surface area contributed by atoms with E-state index >= 15 is 0 Å². The molecule has 0 fully saturated rings. The Kier molecular flexibility index (Phi) is 7.92. The third-order valence-electron chi connectivity index (χ3n) is 3.43. The summed E-state index contributed by atoms with van der Waals surface area (Å²) in [7, 11) is 0. The van der Waals surface area contributed by atoms with Gasteiger partial charge in [0, 0.05) is 20.1 Å². The number of ketones is 1. The largest absolute Gasteiger partial charge is 0.297 e. The van der Waals surface area contributed by atoms with Crippen LogP contribution in [-0.2, 0) is 17.6 Å². The molecular formula is C17H12Br2Cl4O. The lowest BCUT2D eigenvalue weighted by atomic mass is 10.0. The van der Waals surface area contributed by atoms with Gasteiger partial charge in [-0.1, -0.05) is 78.3 Å². The summed E-state index contributed by atoms with van der Waals surface area (Å²) in [6, 6.07) is 10.4. The zero-order chi connectivity index (χ0) is 17.9. The van der Waals surface area contributed by atoms with Crippen molar-refractivity contribution in [3.8, 4) is 0 Å². The van der Waals surface area contributed by atoms with Crippen molar-refractivity contribution in [1.29, 1.82) is 0 Å². The van der Waals surface area contributed by atoms with Crippen LogP contribution in [0.15, 0.2) is 36.4 Å². The lowest BCUT2D eigenvalue weighted by Crippen LogP contribution is -2.27. The topological polar surface area (TPSA) is 17.1 Å². The molecule has 24 heavy (non-hydrogen) atoms. The number of benzene rings is 2. The lowest BCUT2D eigenvalue weighted by molar-refractivity contribution is -0.117. The van der Waals surface area contributed by atoms with E-state index < -0.39 is 9.65 Å². The summed E-state index contributed by atoms with van der Waals surface area (Å²) < 4.78 is 0. The van der Waals surface area contributed by atoms with Gasteiger partial charge in [0.2, 0.25) is 0 Å². The molecule has 2 atom stereocenters. The third-order valence-corrected chi connectivity index (χ3v) is 6.19. The highest BCUT2D eigenvalue weighted by Gasteiger charge is 2.25. The molecule has 0 bridgehead atoms. The maximum absolute atomic E-state index is 12.6. The van der Waals surface area contributed by atoms with Gasteiger partial charge in [-0.25, -0.2) is 0 Å². The van der Waals surface area contributed by atoms with E-state index in [1.54, 1.807) is 36.4 Å². The van der Waals surface area contributed by atoms with E-state index in [1.807, 2.05) is 0 Å². The molecule has 2 rings (SSSR count). The van der Waals surface area contributed by atoms with Crippen LogP contribution in [0.1, 0.15) is 11.1 Å². The second-order valence-corrected chi connectivity index (χ2v) is 9.12. The lowest BCUT2D eigenvalue weighted by Gasteiger charge is -2.15. The van der Waals surface area contributed by atoms with Crippen molar-refractivity contribution in [2.45, 2.75) is 22.5 Å². The average Bonchev–Trinajstić information content (AvgIpc) is 2.53. The number of carbonyl (C=O) groups excluding carboxylic acids is 1. The first-order valence-electron chi connectivity index (χ1n) is 6.97. The summed E-state index contributed by atoms with van der Waals surface area (Å²) in [6.07, 6.45) is 0.896. The van der Waals surface area contributed by atoms with E-state index in [9.17, 15) is 4.79 Å². The second kappa shape index (κ2) is 9.25. The quantitative estimate of drug-likeness (QED) is 0.359. The van der Waals surface area contributed by atoms with E-state index in [4.69, 9.17) is 46.4 Å². The molecule has 2 aromatic carbocycles. The van der Waals surface area contributed by atoms with E-state index in [-0.39, 0.29) is 5.78 Å². The minimum Gasteiger partial charge on any atom is -0.297 e. The number of rotatable bonds is 6. The first kappa shape index (κ1) is 20.5.